The number of nitrogens with one attached hydrogen (secondary N) is 1. The van der Waals surface area contributed by atoms with E-state index in [4.69, 9.17) is 9.47 Å². The molecule has 27 heavy (non-hydrogen) atoms. The van der Waals surface area contributed by atoms with Gasteiger partial charge in [-0.05, 0) is 37.6 Å². The molecular weight excluding hydrogens is 340 g/mol. The van der Waals surface area contributed by atoms with Crippen LogP contribution in [0, 0.1) is 0 Å². The lowest BCUT2D eigenvalue weighted by atomic mass is 10.2. The van der Waals surface area contributed by atoms with E-state index in [2.05, 4.69) is 24.1 Å². The molecule has 2 unspecified atom stereocenters. The van der Waals surface area contributed by atoms with Gasteiger partial charge in [-0.2, -0.15) is 0 Å². The molecule has 0 bridgehead atoms. The van der Waals surface area contributed by atoms with Gasteiger partial charge < -0.3 is 14.8 Å². The SMILES string of the molecule is CC1CN(CCNC(=O)c2cccc(OCc3ccccc3)c2)CC(C)O1. The van der Waals surface area contributed by atoms with E-state index in [0.29, 0.717) is 24.5 Å². The van der Waals surface area contributed by atoms with E-state index in [1.165, 1.54) is 0 Å². The van der Waals surface area contributed by atoms with Gasteiger partial charge in [-0.1, -0.05) is 36.4 Å². The Morgan fingerprint density at radius 2 is 1.85 bits per heavy atom. The van der Waals surface area contributed by atoms with Crippen LogP contribution < -0.4 is 10.1 Å². The topological polar surface area (TPSA) is 50.8 Å². The number of amides is 1. The van der Waals surface area contributed by atoms with E-state index in [9.17, 15) is 4.79 Å². The van der Waals surface area contributed by atoms with Crippen molar-refractivity contribution in [1.29, 1.82) is 0 Å². The summed E-state index contributed by atoms with van der Waals surface area (Å²) in [5.74, 6) is 0.622. The second-order valence-corrected chi connectivity index (χ2v) is 7.07. The normalized spacial score (nSPS) is 20.2. The second kappa shape index (κ2) is 9.53. The molecule has 1 fully saturated rings. The highest BCUT2D eigenvalue weighted by Crippen LogP contribution is 2.15. The molecule has 5 heteroatoms. The molecule has 3 rings (SSSR count). The summed E-state index contributed by atoms with van der Waals surface area (Å²) in [7, 11) is 0. The summed E-state index contributed by atoms with van der Waals surface area (Å²) in [4.78, 5) is 14.8. The minimum Gasteiger partial charge on any atom is -0.489 e. The molecular formula is C22H28N2O3. The summed E-state index contributed by atoms with van der Waals surface area (Å²) in [5.41, 5.74) is 1.71. The first-order valence-corrected chi connectivity index (χ1v) is 9.53. The van der Waals surface area contributed by atoms with Gasteiger partial charge in [0.15, 0.2) is 0 Å². The summed E-state index contributed by atoms with van der Waals surface area (Å²) in [6.45, 7) is 7.91. The fourth-order valence-electron chi connectivity index (χ4n) is 3.36. The molecule has 2 aromatic carbocycles. The van der Waals surface area contributed by atoms with Crippen molar-refractivity contribution in [3.8, 4) is 5.75 Å². The molecule has 1 saturated heterocycles. The minimum absolute atomic E-state index is 0.0745. The summed E-state index contributed by atoms with van der Waals surface area (Å²) >= 11 is 0. The molecule has 1 heterocycles. The highest BCUT2D eigenvalue weighted by molar-refractivity contribution is 5.94. The van der Waals surface area contributed by atoms with Crippen LogP contribution in [0.3, 0.4) is 0 Å². The molecule has 1 aliphatic heterocycles. The van der Waals surface area contributed by atoms with Gasteiger partial charge in [-0.15, -0.1) is 0 Å². The first-order chi connectivity index (χ1) is 13.1. The Bertz CT molecular complexity index is 725. The zero-order valence-corrected chi connectivity index (χ0v) is 16.1. The van der Waals surface area contributed by atoms with Crippen LogP contribution in [0.1, 0.15) is 29.8 Å². The average Bonchev–Trinajstić information content (AvgIpc) is 2.66. The Balaban J connectivity index is 1.47. The quantitative estimate of drug-likeness (QED) is 0.816. The monoisotopic (exact) mass is 368 g/mol. The Hall–Kier alpha value is -2.37. The fourth-order valence-corrected chi connectivity index (χ4v) is 3.36. The van der Waals surface area contributed by atoms with E-state index >= 15 is 0 Å². The largest absolute Gasteiger partial charge is 0.489 e. The molecule has 1 aliphatic rings. The highest BCUT2D eigenvalue weighted by atomic mass is 16.5. The van der Waals surface area contributed by atoms with Crippen molar-refractivity contribution in [2.45, 2.75) is 32.7 Å². The van der Waals surface area contributed by atoms with Crippen LogP contribution in [0.25, 0.3) is 0 Å². The molecule has 5 nitrogen and oxygen atoms in total. The number of morpholine rings is 1. The summed E-state index contributed by atoms with van der Waals surface area (Å²) in [6, 6.07) is 17.3. The number of hydrogen-bond acceptors (Lipinski definition) is 4. The van der Waals surface area contributed by atoms with Gasteiger partial charge in [0.1, 0.15) is 12.4 Å². The molecule has 1 N–H and O–H groups in total. The van der Waals surface area contributed by atoms with Gasteiger partial charge in [0.05, 0.1) is 12.2 Å². The van der Waals surface area contributed by atoms with Gasteiger partial charge in [-0.25, -0.2) is 0 Å². The molecule has 2 aromatic rings. The number of nitrogens with zero attached hydrogens (tertiary/aromatic N) is 1. The van der Waals surface area contributed by atoms with Crippen molar-refractivity contribution in [3.63, 3.8) is 0 Å². The number of ether oxygens (including phenoxy) is 2. The molecule has 2 atom stereocenters. The van der Waals surface area contributed by atoms with E-state index in [1.807, 2.05) is 48.5 Å². The van der Waals surface area contributed by atoms with Crippen molar-refractivity contribution in [2.75, 3.05) is 26.2 Å². The third-order valence-electron chi connectivity index (χ3n) is 4.55. The number of carbonyl (C=O) groups is 1. The minimum atomic E-state index is -0.0745. The summed E-state index contributed by atoms with van der Waals surface area (Å²) in [5, 5.41) is 3.00. The molecule has 0 radical (unpaired) electrons. The predicted octanol–water partition coefficient (Wildman–Crippen LogP) is 3.10. The highest BCUT2D eigenvalue weighted by Gasteiger charge is 2.21. The van der Waals surface area contributed by atoms with Crippen molar-refractivity contribution >= 4 is 5.91 Å². The first-order valence-electron chi connectivity index (χ1n) is 9.53. The van der Waals surface area contributed by atoms with Gasteiger partial charge in [0.2, 0.25) is 0 Å². The molecule has 0 saturated carbocycles. The Morgan fingerprint density at radius 1 is 1.11 bits per heavy atom. The maximum Gasteiger partial charge on any atom is 0.251 e. The lowest BCUT2D eigenvalue weighted by Crippen LogP contribution is -2.47. The number of rotatable bonds is 7. The third-order valence-corrected chi connectivity index (χ3v) is 4.55. The zero-order chi connectivity index (χ0) is 19.1. The van der Waals surface area contributed by atoms with E-state index in [-0.39, 0.29) is 18.1 Å². The van der Waals surface area contributed by atoms with Crippen LogP contribution in [0.4, 0.5) is 0 Å². The number of carbonyl (C=O) groups excluding carboxylic acids is 1. The predicted molar refractivity (Wildman–Crippen MR) is 106 cm³/mol. The Morgan fingerprint density at radius 3 is 2.59 bits per heavy atom. The summed E-state index contributed by atoms with van der Waals surface area (Å²) < 4.78 is 11.5. The first kappa shape index (κ1) is 19.4. The molecule has 0 aromatic heterocycles. The van der Waals surface area contributed by atoms with E-state index in [1.54, 1.807) is 6.07 Å². The van der Waals surface area contributed by atoms with Crippen LogP contribution in [-0.2, 0) is 11.3 Å². The lowest BCUT2D eigenvalue weighted by molar-refractivity contribution is -0.0672. The van der Waals surface area contributed by atoms with Crippen LogP contribution in [0.5, 0.6) is 5.75 Å². The van der Waals surface area contributed by atoms with Gasteiger partial charge in [-0.3, -0.25) is 9.69 Å². The van der Waals surface area contributed by atoms with Crippen molar-refractivity contribution in [3.05, 3.63) is 65.7 Å². The fraction of sp³-hybridized carbons (Fsp3) is 0.409. The van der Waals surface area contributed by atoms with Crippen molar-refractivity contribution < 1.29 is 14.3 Å². The van der Waals surface area contributed by atoms with Gasteiger partial charge in [0, 0.05) is 31.7 Å². The van der Waals surface area contributed by atoms with E-state index < -0.39 is 0 Å². The smallest absolute Gasteiger partial charge is 0.251 e. The number of hydrogen-bond donors (Lipinski definition) is 1. The van der Waals surface area contributed by atoms with Crippen LogP contribution >= 0.6 is 0 Å². The molecule has 1 amide bonds. The van der Waals surface area contributed by atoms with Crippen molar-refractivity contribution in [1.82, 2.24) is 10.2 Å². The van der Waals surface area contributed by atoms with Gasteiger partial charge in [0.25, 0.3) is 5.91 Å². The summed E-state index contributed by atoms with van der Waals surface area (Å²) in [6.07, 6.45) is 0.478. The number of benzene rings is 2. The van der Waals surface area contributed by atoms with Crippen LogP contribution in [-0.4, -0.2) is 49.2 Å². The third kappa shape index (κ3) is 6.08. The average molecular weight is 368 g/mol. The maximum atomic E-state index is 12.4. The standard InChI is InChI=1S/C22H28N2O3/c1-17-14-24(15-18(2)27-17)12-11-23-22(25)20-9-6-10-21(13-20)26-16-19-7-4-3-5-8-19/h3-10,13,17-18H,11-12,14-16H2,1-2H3,(H,23,25). The maximum absolute atomic E-state index is 12.4. The molecule has 0 aliphatic carbocycles. The van der Waals surface area contributed by atoms with Crippen LogP contribution in [0.15, 0.2) is 54.6 Å². The zero-order valence-electron chi connectivity index (χ0n) is 16.1. The van der Waals surface area contributed by atoms with E-state index in [0.717, 1.165) is 25.2 Å². The second-order valence-electron chi connectivity index (χ2n) is 7.07. The Labute approximate surface area is 161 Å². The molecule has 0 spiro atoms. The van der Waals surface area contributed by atoms with Crippen molar-refractivity contribution in [2.24, 2.45) is 0 Å². The van der Waals surface area contributed by atoms with Gasteiger partial charge >= 0.3 is 0 Å². The molecule has 144 valence electrons. The lowest BCUT2D eigenvalue weighted by Gasteiger charge is -2.35. The van der Waals surface area contributed by atoms with Crippen LogP contribution in [0.2, 0.25) is 0 Å². The Kier molecular flexibility index (Phi) is 6.85.